The van der Waals surface area contributed by atoms with Crippen LogP contribution in [0.25, 0.3) is 0 Å². The predicted molar refractivity (Wildman–Crippen MR) is 89.8 cm³/mol. The summed E-state index contributed by atoms with van der Waals surface area (Å²) < 4.78 is 0. The van der Waals surface area contributed by atoms with Crippen LogP contribution in [0.3, 0.4) is 0 Å². The largest absolute Gasteiger partial charge is 0.311 e. The maximum atomic E-state index is 3.76. The third-order valence-corrected chi connectivity index (χ3v) is 5.28. The number of fused-ring (bicyclic) bond motifs is 1. The van der Waals surface area contributed by atoms with Gasteiger partial charge in [-0.2, -0.15) is 0 Å². The molecule has 1 N–H and O–H groups in total. The molecule has 21 heavy (non-hydrogen) atoms. The van der Waals surface area contributed by atoms with E-state index in [0.717, 1.165) is 18.4 Å². The molecule has 1 aromatic rings. The van der Waals surface area contributed by atoms with Crippen LogP contribution in [0.5, 0.6) is 0 Å². The molecule has 116 valence electrons. The molecule has 2 heteroatoms. The zero-order chi connectivity index (χ0) is 15.0. The van der Waals surface area contributed by atoms with Crippen molar-refractivity contribution in [2.45, 2.75) is 58.0 Å². The second kappa shape index (κ2) is 5.73. The van der Waals surface area contributed by atoms with E-state index >= 15 is 0 Å². The average molecular weight is 286 g/mol. The van der Waals surface area contributed by atoms with Crippen LogP contribution < -0.4 is 5.32 Å². The molecule has 2 atom stereocenters. The summed E-state index contributed by atoms with van der Waals surface area (Å²) >= 11 is 0. The normalized spacial score (nSPS) is 28.2. The summed E-state index contributed by atoms with van der Waals surface area (Å²) in [6, 6.07) is 9.63. The second-order valence-electron chi connectivity index (χ2n) is 8.02. The van der Waals surface area contributed by atoms with Crippen LogP contribution in [0.15, 0.2) is 24.3 Å². The third kappa shape index (κ3) is 3.17. The SMILES string of the molecule is CC(C)CC1CN(CC2Cc3ccccc32)C(C)(C)CN1. The van der Waals surface area contributed by atoms with Crippen LogP contribution in [-0.4, -0.2) is 36.1 Å². The Morgan fingerprint density at radius 2 is 2.05 bits per heavy atom. The van der Waals surface area contributed by atoms with Crippen molar-refractivity contribution in [2.24, 2.45) is 5.92 Å². The standard InChI is InChI=1S/C19H30N2/c1-14(2)9-17-12-21(19(3,4)13-20-17)11-16-10-15-7-5-6-8-18(15)16/h5-8,14,16-17,20H,9-13H2,1-4H3. The van der Waals surface area contributed by atoms with Gasteiger partial charge in [0.05, 0.1) is 0 Å². The van der Waals surface area contributed by atoms with Crippen LogP contribution in [0.4, 0.5) is 0 Å². The van der Waals surface area contributed by atoms with E-state index in [9.17, 15) is 0 Å². The van der Waals surface area contributed by atoms with Crippen LogP contribution in [0.1, 0.15) is 51.2 Å². The van der Waals surface area contributed by atoms with Gasteiger partial charge in [-0.1, -0.05) is 38.1 Å². The van der Waals surface area contributed by atoms with Gasteiger partial charge in [-0.25, -0.2) is 0 Å². The molecule has 0 bridgehead atoms. The summed E-state index contributed by atoms with van der Waals surface area (Å²) in [5.74, 6) is 1.52. The summed E-state index contributed by atoms with van der Waals surface area (Å²) in [5.41, 5.74) is 3.43. The Labute approximate surface area is 129 Å². The maximum Gasteiger partial charge on any atom is 0.0278 e. The second-order valence-corrected chi connectivity index (χ2v) is 8.02. The van der Waals surface area contributed by atoms with Gasteiger partial charge in [-0.15, -0.1) is 0 Å². The van der Waals surface area contributed by atoms with Crippen molar-refractivity contribution in [1.29, 1.82) is 0 Å². The lowest BCUT2D eigenvalue weighted by atomic mass is 9.76. The first kappa shape index (κ1) is 15.1. The molecule has 1 fully saturated rings. The topological polar surface area (TPSA) is 15.3 Å². The van der Waals surface area contributed by atoms with Gasteiger partial charge in [0.1, 0.15) is 0 Å². The van der Waals surface area contributed by atoms with Gasteiger partial charge >= 0.3 is 0 Å². The van der Waals surface area contributed by atoms with E-state index < -0.39 is 0 Å². The van der Waals surface area contributed by atoms with Gasteiger partial charge in [-0.3, -0.25) is 4.90 Å². The average Bonchev–Trinajstić information content (AvgIpc) is 2.39. The lowest BCUT2D eigenvalue weighted by Gasteiger charge is -2.49. The molecule has 1 heterocycles. The molecule has 1 aromatic carbocycles. The van der Waals surface area contributed by atoms with Crippen LogP contribution in [-0.2, 0) is 6.42 Å². The Balaban J connectivity index is 1.65. The molecule has 1 aliphatic carbocycles. The molecule has 0 amide bonds. The van der Waals surface area contributed by atoms with Crippen molar-refractivity contribution < 1.29 is 0 Å². The molecule has 1 saturated heterocycles. The van der Waals surface area contributed by atoms with E-state index in [-0.39, 0.29) is 5.54 Å². The highest BCUT2D eigenvalue weighted by Gasteiger charge is 2.37. The quantitative estimate of drug-likeness (QED) is 0.912. The molecule has 0 radical (unpaired) electrons. The van der Waals surface area contributed by atoms with Gasteiger partial charge in [0, 0.05) is 37.1 Å². The predicted octanol–water partition coefficient (Wildman–Crippen LogP) is 3.42. The Bertz CT molecular complexity index is 492. The van der Waals surface area contributed by atoms with E-state index in [1.807, 2.05) is 0 Å². The van der Waals surface area contributed by atoms with Gasteiger partial charge in [0.25, 0.3) is 0 Å². The zero-order valence-corrected chi connectivity index (χ0v) is 14.0. The first-order valence-corrected chi connectivity index (χ1v) is 8.52. The van der Waals surface area contributed by atoms with Gasteiger partial charge in [0.2, 0.25) is 0 Å². The minimum Gasteiger partial charge on any atom is -0.311 e. The Morgan fingerprint density at radius 3 is 2.76 bits per heavy atom. The smallest absolute Gasteiger partial charge is 0.0278 e. The zero-order valence-electron chi connectivity index (χ0n) is 14.0. The molecule has 0 aromatic heterocycles. The van der Waals surface area contributed by atoms with Crippen LogP contribution >= 0.6 is 0 Å². The maximum absolute atomic E-state index is 3.76. The highest BCUT2D eigenvalue weighted by Crippen LogP contribution is 2.37. The van der Waals surface area contributed by atoms with Crippen molar-refractivity contribution in [1.82, 2.24) is 10.2 Å². The van der Waals surface area contributed by atoms with Crippen LogP contribution in [0.2, 0.25) is 0 Å². The summed E-state index contributed by atoms with van der Waals surface area (Å²) in [4.78, 5) is 2.73. The molecular weight excluding hydrogens is 256 g/mol. The van der Waals surface area contributed by atoms with Gasteiger partial charge in [0.15, 0.2) is 0 Å². The fraction of sp³-hybridized carbons (Fsp3) is 0.684. The molecule has 1 aliphatic heterocycles. The minimum absolute atomic E-state index is 0.276. The number of hydrogen-bond acceptors (Lipinski definition) is 2. The summed E-state index contributed by atoms with van der Waals surface area (Å²) in [5, 5.41) is 3.76. The molecule has 2 unspecified atom stereocenters. The first-order valence-electron chi connectivity index (χ1n) is 8.52. The van der Waals surface area contributed by atoms with Crippen molar-refractivity contribution in [3.8, 4) is 0 Å². The van der Waals surface area contributed by atoms with E-state index in [1.54, 1.807) is 11.1 Å². The Kier molecular flexibility index (Phi) is 4.11. The Hall–Kier alpha value is -0.860. The number of rotatable bonds is 4. The van der Waals surface area contributed by atoms with E-state index in [2.05, 4.69) is 62.2 Å². The Morgan fingerprint density at radius 1 is 1.29 bits per heavy atom. The number of hydrogen-bond donors (Lipinski definition) is 1. The highest BCUT2D eigenvalue weighted by molar-refractivity contribution is 5.40. The summed E-state index contributed by atoms with van der Waals surface area (Å²) in [6.45, 7) is 13.0. The number of benzene rings is 1. The monoisotopic (exact) mass is 286 g/mol. The van der Waals surface area contributed by atoms with Crippen molar-refractivity contribution in [3.05, 3.63) is 35.4 Å². The van der Waals surface area contributed by atoms with Crippen molar-refractivity contribution >= 4 is 0 Å². The first-order chi connectivity index (χ1) is 9.95. The lowest BCUT2D eigenvalue weighted by molar-refractivity contribution is 0.0527. The number of nitrogens with zero attached hydrogens (tertiary/aromatic N) is 1. The molecule has 0 saturated carbocycles. The summed E-state index contributed by atoms with van der Waals surface area (Å²) in [6.07, 6.45) is 2.55. The number of nitrogens with one attached hydrogen (secondary N) is 1. The van der Waals surface area contributed by atoms with Crippen molar-refractivity contribution in [3.63, 3.8) is 0 Å². The molecule has 2 nitrogen and oxygen atoms in total. The molecular formula is C19H30N2. The fourth-order valence-corrected chi connectivity index (χ4v) is 3.92. The minimum atomic E-state index is 0.276. The summed E-state index contributed by atoms with van der Waals surface area (Å²) in [7, 11) is 0. The van der Waals surface area contributed by atoms with Gasteiger partial charge < -0.3 is 5.32 Å². The van der Waals surface area contributed by atoms with Crippen LogP contribution in [0, 0.1) is 5.92 Å². The van der Waals surface area contributed by atoms with E-state index in [0.29, 0.717) is 6.04 Å². The van der Waals surface area contributed by atoms with E-state index in [4.69, 9.17) is 0 Å². The molecule has 0 spiro atoms. The lowest BCUT2D eigenvalue weighted by Crippen LogP contribution is -2.63. The van der Waals surface area contributed by atoms with E-state index in [1.165, 1.54) is 25.9 Å². The highest BCUT2D eigenvalue weighted by atomic mass is 15.3. The molecule has 3 rings (SSSR count). The fourth-order valence-electron chi connectivity index (χ4n) is 3.92. The van der Waals surface area contributed by atoms with Gasteiger partial charge in [-0.05, 0) is 43.7 Å². The molecule has 2 aliphatic rings. The number of piperazine rings is 1. The van der Waals surface area contributed by atoms with Crippen molar-refractivity contribution in [2.75, 3.05) is 19.6 Å². The third-order valence-electron chi connectivity index (χ3n) is 5.28.